The smallest absolute Gasteiger partial charge is 0.0628 e. The van der Waals surface area contributed by atoms with Gasteiger partial charge in [0.2, 0.25) is 0 Å². The standard InChI is InChI=1S/C17H29N3/c1-18-13-15(14-6-2-3-7-14)12-16-10-11-20(19-16)17-8-4-5-9-17/h10-11,14-15,17-18H,2-9,12-13H2,1H3. The lowest BCUT2D eigenvalue weighted by Gasteiger charge is -2.22. The molecule has 0 saturated heterocycles. The number of nitrogens with zero attached hydrogens (tertiary/aromatic N) is 2. The molecule has 3 heteroatoms. The fourth-order valence-electron chi connectivity index (χ4n) is 4.22. The molecule has 20 heavy (non-hydrogen) atoms. The van der Waals surface area contributed by atoms with Crippen LogP contribution in [0.1, 0.15) is 63.1 Å². The van der Waals surface area contributed by atoms with E-state index in [1.54, 1.807) is 0 Å². The zero-order valence-corrected chi connectivity index (χ0v) is 12.9. The Hall–Kier alpha value is -0.830. The van der Waals surface area contributed by atoms with Crippen LogP contribution in [-0.4, -0.2) is 23.4 Å². The predicted octanol–water partition coefficient (Wildman–Crippen LogP) is 3.57. The molecule has 0 bridgehead atoms. The van der Waals surface area contributed by atoms with E-state index in [1.807, 2.05) is 0 Å². The maximum absolute atomic E-state index is 4.87. The first-order chi connectivity index (χ1) is 9.86. The van der Waals surface area contributed by atoms with E-state index in [4.69, 9.17) is 5.10 Å². The minimum atomic E-state index is 0.679. The van der Waals surface area contributed by atoms with E-state index in [1.165, 1.54) is 57.1 Å². The SMILES string of the molecule is CNCC(Cc1ccn(C2CCCC2)n1)C1CCCC1. The van der Waals surface area contributed by atoms with Crippen molar-refractivity contribution in [2.45, 2.75) is 63.8 Å². The van der Waals surface area contributed by atoms with Crippen LogP contribution in [0, 0.1) is 11.8 Å². The molecule has 2 aliphatic rings. The monoisotopic (exact) mass is 275 g/mol. The average Bonchev–Trinajstić information content (AvgIpc) is 3.20. The summed E-state index contributed by atoms with van der Waals surface area (Å²) in [4.78, 5) is 0. The van der Waals surface area contributed by atoms with Crippen molar-refractivity contribution in [1.82, 2.24) is 15.1 Å². The van der Waals surface area contributed by atoms with E-state index in [0.29, 0.717) is 6.04 Å². The van der Waals surface area contributed by atoms with Crippen LogP contribution in [0.15, 0.2) is 12.3 Å². The Kier molecular flexibility index (Phi) is 4.77. The van der Waals surface area contributed by atoms with Crippen LogP contribution in [0.25, 0.3) is 0 Å². The minimum absolute atomic E-state index is 0.679. The molecule has 2 fully saturated rings. The van der Waals surface area contributed by atoms with Gasteiger partial charge < -0.3 is 5.32 Å². The molecule has 1 N–H and O–H groups in total. The Balaban J connectivity index is 1.62. The Morgan fingerprint density at radius 1 is 1.20 bits per heavy atom. The Morgan fingerprint density at radius 3 is 2.60 bits per heavy atom. The average molecular weight is 275 g/mol. The van der Waals surface area contributed by atoms with Gasteiger partial charge in [-0.2, -0.15) is 5.10 Å². The summed E-state index contributed by atoms with van der Waals surface area (Å²) in [5.74, 6) is 1.69. The van der Waals surface area contributed by atoms with E-state index >= 15 is 0 Å². The number of hydrogen-bond donors (Lipinski definition) is 1. The van der Waals surface area contributed by atoms with Crippen molar-refractivity contribution in [3.8, 4) is 0 Å². The molecule has 2 saturated carbocycles. The van der Waals surface area contributed by atoms with Crippen LogP contribution in [0.5, 0.6) is 0 Å². The molecule has 1 aromatic heterocycles. The lowest BCUT2D eigenvalue weighted by atomic mass is 9.87. The van der Waals surface area contributed by atoms with Gasteiger partial charge >= 0.3 is 0 Å². The molecule has 2 aliphatic carbocycles. The molecule has 1 unspecified atom stereocenters. The largest absolute Gasteiger partial charge is 0.319 e. The Labute approximate surface area is 123 Å². The van der Waals surface area contributed by atoms with Gasteiger partial charge in [-0.3, -0.25) is 4.68 Å². The molecular formula is C17H29N3. The van der Waals surface area contributed by atoms with E-state index < -0.39 is 0 Å². The van der Waals surface area contributed by atoms with Gasteiger partial charge in [-0.15, -0.1) is 0 Å². The molecule has 1 heterocycles. The van der Waals surface area contributed by atoms with Crippen molar-refractivity contribution >= 4 is 0 Å². The lowest BCUT2D eigenvalue weighted by molar-refractivity contribution is 0.324. The van der Waals surface area contributed by atoms with Crippen molar-refractivity contribution in [2.75, 3.05) is 13.6 Å². The van der Waals surface area contributed by atoms with Gasteiger partial charge in [0.25, 0.3) is 0 Å². The van der Waals surface area contributed by atoms with E-state index in [2.05, 4.69) is 29.3 Å². The van der Waals surface area contributed by atoms with Crippen molar-refractivity contribution in [3.05, 3.63) is 18.0 Å². The first-order valence-electron chi connectivity index (χ1n) is 8.55. The molecule has 1 atom stereocenters. The highest BCUT2D eigenvalue weighted by Crippen LogP contribution is 2.33. The zero-order valence-electron chi connectivity index (χ0n) is 12.9. The summed E-state index contributed by atoms with van der Waals surface area (Å²) in [6.45, 7) is 1.14. The van der Waals surface area contributed by atoms with Crippen LogP contribution >= 0.6 is 0 Å². The lowest BCUT2D eigenvalue weighted by Crippen LogP contribution is -2.26. The molecule has 112 valence electrons. The van der Waals surface area contributed by atoms with E-state index in [9.17, 15) is 0 Å². The quantitative estimate of drug-likeness (QED) is 0.860. The molecule has 0 amide bonds. The van der Waals surface area contributed by atoms with Crippen LogP contribution in [0.3, 0.4) is 0 Å². The van der Waals surface area contributed by atoms with Crippen molar-refractivity contribution in [2.24, 2.45) is 11.8 Å². The third-order valence-electron chi connectivity index (χ3n) is 5.37. The van der Waals surface area contributed by atoms with E-state index in [0.717, 1.165) is 24.8 Å². The summed E-state index contributed by atoms with van der Waals surface area (Å²) < 4.78 is 2.24. The van der Waals surface area contributed by atoms with Crippen molar-refractivity contribution in [1.29, 1.82) is 0 Å². The van der Waals surface area contributed by atoms with Gasteiger partial charge in [-0.05, 0) is 50.8 Å². The predicted molar refractivity (Wildman–Crippen MR) is 82.8 cm³/mol. The molecular weight excluding hydrogens is 246 g/mol. The summed E-state index contributed by atoms with van der Waals surface area (Å²) in [5.41, 5.74) is 1.31. The van der Waals surface area contributed by atoms with Crippen LogP contribution < -0.4 is 5.32 Å². The van der Waals surface area contributed by atoms with Crippen LogP contribution in [0.2, 0.25) is 0 Å². The first kappa shape index (κ1) is 14.1. The molecule has 3 rings (SSSR count). The second-order valence-corrected chi connectivity index (χ2v) is 6.79. The fourth-order valence-corrected chi connectivity index (χ4v) is 4.22. The number of aromatic nitrogens is 2. The second kappa shape index (κ2) is 6.75. The van der Waals surface area contributed by atoms with Gasteiger partial charge in [-0.25, -0.2) is 0 Å². The molecule has 0 spiro atoms. The highest BCUT2D eigenvalue weighted by molar-refractivity contribution is 5.02. The number of rotatable bonds is 6. The summed E-state index contributed by atoms with van der Waals surface area (Å²) >= 11 is 0. The fraction of sp³-hybridized carbons (Fsp3) is 0.824. The molecule has 1 aromatic rings. The topological polar surface area (TPSA) is 29.9 Å². The van der Waals surface area contributed by atoms with Crippen molar-refractivity contribution < 1.29 is 0 Å². The normalized spacial score (nSPS) is 22.6. The maximum Gasteiger partial charge on any atom is 0.0628 e. The van der Waals surface area contributed by atoms with Gasteiger partial charge in [0.05, 0.1) is 11.7 Å². The molecule has 0 radical (unpaired) electrons. The summed E-state index contributed by atoms with van der Waals surface area (Å²) in [6, 6.07) is 2.94. The summed E-state index contributed by atoms with van der Waals surface area (Å²) in [5, 5.41) is 8.27. The van der Waals surface area contributed by atoms with Crippen LogP contribution in [0.4, 0.5) is 0 Å². The third-order valence-corrected chi connectivity index (χ3v) is 5.37. The minimum Gasteiger partial charge on any atom is -0.319 e. The van der Waals surface area contributed by atoms with Gasteiger partial charge in [0.15, 0.2) is 0 Å². The van der Waals surface area contributed by atoms with Gasteiger partial charge in [-0.1, -0.05) is 38.5 Å². The highest BCUT2D eigenvalue weighted by Gasteiger charge is 2.25. The van der Waals surface area contributed by atoms with Gasteiger partial charge in [0.1, 0.15) is 0 Å². The Morgan fingerprint density at radius 2 is 1.90 bits per heavy atom. The van der Waals surface area contributed by atoms with Crippen molar-refractivity contribution in [3.63, 3.8) is 0 Å². The summed E-state index contributed by atoms with van der Waals surface area (Å²) in [6.07, 6.45) is 14.5. The molecule has 0 aromatic carbocycles. The maximum atomic E-state index is 4.87. The van der Waals surface area contributed by atoms with Gasteiger partial charge in [0, 0.05) is 6.20 Å². The summed E-state index contributed by atoms with van der Waals surface area (Å²) in [7, 11) is 2.08. The van der Waals surface area contributed by atoms with E-state index in [-0.39, 0.29) is 0 Å². The third kappa shape index (κ3) is 3.25. The second-order valence-electron chi connectivity index (χ2n) is 6.79. The van der Waals surface area contributed by atoms with Crippen LogP contribution in [-0.2, 0) is 6.42 Å². The highest BCUT2D eigenvalue weighted by atomic mass is 15.3. The number of nitrogens with one attached hydrogen (secondary N) is 1. The first-order valence-corrected chi connectivity index (χ1v) is 8.55. The molecule has 3 nitrogen and oxygen atoms in total. The number of hydrogen-bond acceptors (Lipinski definition) is 2. The zero-order chi connectivity index (χ0) is 13.8. The Bertz CT molecular complexity index is 400. The molecule has 0 aliphatic heterocycles.